The molecule has 0 aliphatic carbocycles. The number of hydrogen-bond acceptors (Lipinski definition) is 15. The molecule has 22 heteroatoms. The first-order valence-corrected chi connectivity index (χ1v) is 27.4. The third-order valence-corrected chi connectivity index (χ3v) is 13.1. The van der Waals surface area contributed by atoms with Crippen LogP contribution in [0.3, 0.4) is 0 Å². The van der Waals surface area contributed by atoms with Crippen LogP contribution >= 0.6 is 22.6 Å². The number of imide groups is 1. The lowest BCUT2D eigenvalue weighted by atomic mass is 10.0. The summed E-state index contributed by atoms with van der Waals surface area (Å²) in [6.45, 7) is 2.77. The number of nitrogens with one attached hydrogen (secondary N) is 4. The molecule has 422 valence electrons. The van der Waals surface area contributed by atoms with Gasteiger partial charge in [-0.05, 0) is 102 Å². The number of unbranched alkanes of at least 4 members (excludes halogenated alkanes) is 1. The van der Waals surface area contributed by atoms with Crippen molar-refractivity contribution in [3.8, 4) is 0 Å². The summed E-state index contributed by atoms with van der Waals surface area (Å²) in [6.07, 6.45) is 5.93. The fourth-order valence-electron chi connectivity index (χ4n) is 8.17. The number of anilines is 1. The van der Waals surface area contributed by atoms with Gasteiger partial charge in [-0.25, -0.2) is 9.59 Å². The third kappa shape index (κ3) is 22.8. The summed E-state index contributed by atoms with van der Waals surface area (Å²) in [5.41, 5.74) is 4.94. The maximum Gasteiger partial charge on any atom is 0.333 e. The topological polar surface area (TPSA) is 264 Å². The largest absolute Gasteiger partial charge is 0.467 e. The number of aryl methyl sites for hydroxylation is 1. The van der Waals surface area contributed by atoms with Gasteiger partial charge in [-0.15, -0.1) is 5.06 Å². The molecule has 78 heavy (non-hydrogen) atoms. The van der Waals surface area contributed by atoms with E-state index in [1.807, 2.05) is 78.9 Å². The molecule has 0 bridgehead atoms. The molecule has 2 atom stereocenters. The molecule has 1 saturated heterocycles. The number of fused-ring (bicyclic) bond motifs is 2. The van der Waals surface area contributed by atoms with Gasteiger partial charge in [-0.1, -0.05) is 66.7 Å². The Bertz CT molecular complexity index is 2490. The van der Waals surface area contributed by atoms with Crippen LogP contribution in [0, 0.1) is 3.57 Å². The zero-order valence-electron chi connectivity index (χ0n) is 44.1. The van der Waals surface area contributed by atoms with E-state index >= 15 is 0 Å². The van der Waals surface area contributed by atoms with E-state index in [0.29, 0.717) is 57.0 Å². The van der Waals surface area contributed by atoms with Crippen molar-refractivity contribution in [3.63, 3.8) is 0 Å². The van der Waals surface area contributed by atoms with Crippen LogP contribution in [0.5, 0.6) is 0 Å². The number of hydroxylamine groups is 2. The molecular weight excluding hydrogens is 1120 g/mol. The highest BCUT2D eigenvalue weighted by molar-refractivity contribution is 14.1. The Morgan fingerprint density at radius 3 is 1.91 bits per heavy atom. The Morgan fingerprint density at radius 2 is 1.21 bits per heavy atom. The quantitative estimate of drug-likeness (QED) is 0.0274. The minimum absolute atomic E-state index is 0.0356. The summed E-state index contributed by atoms with van der Waals surface area (Å²) >= 11 is 2.24. The van der Waals surface area contributed by atoms with Gasteiger partial charge in [0.2, 0.25) is 29.5 Å². The van der Waals surface area contributed by atoms with E-state index in [2.05, 4.69) is 49.9 Å². The number of methoxy groups -OCH3 is 1. The second-order valence-electron chi connectivity index (χ2n) is 18.2. The summed E-state index contributed by atoms with van der Waals surface area (Å²) in [5.74, 6) is -4.93. The smallest absolute Gasteiger partial charge is 0.333 e. The first kappa shape index (κ1) is 62.2. The van der Waals surface area contributed by atoms with Crippen molar-refractivity contribution in [1.29, 1.82) is 0 Å². The van der Waals surface area contributed by atoms with Crippen LogP contribution in [0.2, 0.25) is 0 Å². The van der Waals surface area contributed by atoms with Crippen LogP contribution < -0.4 is 26.2 Å². The molecular formula is C56H71IN6O15. The van der Waals surface area contributed by atoms with E-state index in [4.69, 9.17) is 28.5 Å². The standard InChI is InChI=1S/C56H71IN6O15/c1-73-56(72)46(13-6-7-29-58-48(64)15-8-9-40-16-20-44(57)21-17-40)61-55(71)45(22-27-54(70)78-63-52(68)25-26-53(63)69)60-50(66)28-31-74-33-35-76-37-38-77-36-34-75-32-30-59-49(65)23-24-51(67)62-39-43-12-3-2-10-41(43)18-19-42-11-4-5-14-47(42)62/h2-5,10-12,14,16-21,45-46H,6-9,13,15,22-39H2,1H3,(H,58,64)(H,59,65)(H,60,66)(H,61,71)/b19-18-. The predicted molar refractivity (Wildman–Crippen MR) is 294 cm³/mol. The summed E-state index contributed by atoms with van der Waals surface area (Å²) in [6, 6.07) is 21.3. The molecule has 2 aliphatic rings. The minimum Gasteiger partial charge on any atom is -0.467 e. The monoisotopic (exact) mass is 1190 g/mol. The molecule has 7 amide bonds. The number of benzene rings is 3. The highest BCUT2D eigenvalue weighted by Gasteiger charge is 2.34. The van der Waals surface area contributed by atoms with E-state index in [9.17, 15) is 43.2 Å². The molecule has 2 unspecified atom stereocenters. The van der Waals surface area contributed by atoms with Crippen molar-refractivity contribution >= 4 is 93.7 Å². The zero-order chi connectivity index (χ0) is 55.9. The van der Waals surface area contributed by atoms with Gasteiger partial charge in [0.05, 0.1) is 78.6 Å². The number of amides is 7. The Balaban J connectivity index is 0.911. The van der Waals surface area contributed by atoms with E-state index in [-0.39, 0.29) is 109 Å². The number of hydrogen-bond donors (Lipinski definition) is 4. The molecule has 4 N–H and O–H groups in total. The normalized spacial score (nSPS) is 14.0. The molecule has 0 saturated carbocycles. The number of ether oxygens (including phenoxy) is 5. The van der Waals surface area contributed by atoms with E-state index < -0.39 is 54.1 Å². The van der Waals surface area contributed by atoms with Gasteiger partial charge in [0.25, 0.3) is 11.8 Å². The third-order valence-electron chi connectivity index (χ3n) is 12.4. The highest BCUT2D eigenvalue weighted by atomic mass is 127. The molecule has 2 aliphatic heterocycles. The van der Waals surface area contributed by atoms with Gasteiger partial charge in [0, 0.05) is 55.2 Å². The van der Waals surface area contributed by atoms with Gasteiger partial charge >= 0.3 is 11.9 Å². The van der Waals surface area contributed by atoms with E-state index in [1.165, 1.54) is 7.11 Å². The lowest BCUT2D eigenvalue weighted by Crippen LogP contribution is -2.52. The van der Waals surface area contributed by atoms with Gasteiger partial charge in [0.1, 0.15) is 12.1 Å². The maximum atomic E-state index is 13.6. The second kappa shape index (κ2) is 35.0. The van der Waals surface area contributed by atoms with Crippen molar-refractivity contribution in [2.45, 2.75) is 102 Å². The van der Waals surface area contributed by atoms with E-state index in [0.717, 1.165) is 37.9 Å². The Labute approximate surface area is 468 Å². The summed E-state index contributed by atoms with van der Waals surface area (Å²) in [4.78, 5) is 121. The fraction of sp³-hybridized carbons (Fsp3) is 0.482. The minimum atomic E-state index is -1.33. The first-order valence-electron chi connectivity index (χ1n) is 26.3. The molecule has 3 aromatic rings. The van der Waals surface area contributed by atoms with Crippen molar-refractivity contribution in [1.82, 2.24) is 26.3 Å². The number of carbonyl (C=O) groups excluding carboxylic acids is 9. The van der Waals surface area contributed by atoms with Crippen molar-refractivity contribution in [3.05, 3.63) is 98.6 Å². The van der Waals surface area contributed by atoms with Crippen molar-refractivity contribution < 1.29 is 71.7 Å². The number of esters is 1. The van der Waals surface area contributed by atoms with Crippen molar-refractivity contribution in [2.24, 2.45) is 0 Å². The summed E-state index contributed by atoms with van der Waals surface area (Å²) in [5, 5.41) is 11.2. The van der Waals surface area contributed by atoms with Crippen LogP contribution in [0.25, 0.3) is 12.2 Å². The van der Waals surface area contributed by atoms with Gasteiger partial charge in [-0.3, -0.25) is 33.6 Å². The van der Waals surface area contributed by atoms with Gasteiger partial charge in [-0.2, -0.15) is 0 Å². The Kier molecular flexibility index (Phi) is 27.9. The average molecular weight is 1200 g/mol. The Hall–Kier alpha value is -6.60. The second-order valence-corrected chi connectivity index (χ2v) is 19.5. The predicted octanol–water partition coefficient (Wildman–Crippen LogP) is 4.50. The lowest BCUT2D eigenvalue weighted by molar-refractivity contribution is -0.197. The SMILES string of the molecule is COC(=O)C(CCCCNC(=O)CCCc1ccc(I)cc1)NC(=O)C(CCC(=O)ON1C(=O)CCC1=O)NC(=O)CCOCCOCCOCCOCCNC(=O)CCC(=O)N1Cc2ccccc2/C=C\c2ccccc21. The van der Waals surface area contributed by atoms with Gasteiger partial charge in [0.15, 0.2) is 0 Å². The fourth-order valence-corrected chi connectivity index (χ4v) is 8.53. The van der Waals surface area contributed by atoms with Crippen LogP contribution in [-0.2, 0) is 84.6 Å². The highest BCUT2D eigenvalue weighted by Crippen LogP contribution is 2.29. The van der Waals surface area contributed by atoms with Crippen LogP contribution in [0.4, 0.5) is 5.69 Å². The molecule has 0 spiro atoms. The number of carbonyl (C=O) groups is 9. The molecule has 3 aromatic carbocycles. The first-order chi connectivity index (χ1) is 37.8. The maximum absolute atomic E-state index is 13.6. The molecule has 1 fully saturated rings. The Morgan fingerprint density at radius 1 is 0.590 bits per heavy atom. The number of nitrogens with zero attached hydrogens (tertiary/aromatic N) is 2. The average Bonchev–Trinajstić information content (AvgIpc) is 3.78. The lowest BCUT2D eigenvalue weighted by Gasteiger charge is -2.27. The van der Waals surface area contributed by atoms with Crippen LogP contribution in [0.15, 0.2) is 72.8 Å². The van der Waals surface area contributed by atoms with Crippen LogP contribution in [0.1, 0.15) is 99.3 Å². The van der Waals surface area contributed by atoms with Gasteiger partial charge < -0.3 is 54.7 Å². The molecule has 0 aromatic heterocycles. The zero-order valence-corrected chi connectivity index (χ0v) is 46.3. The molecule has 0 radical (unpaired) electrons. The molecule has 2 heterocycles. The number of para-hydroxylation sites is 1. The number of rotatable bonds is 35. The number of halogens is 1. The van der Waals surface area contributed by atoms with E-state index in [1.54, 1.807) is 4.90 Å². The van der Waals surface area contributed by atoms with Crippen molar-refractivity contribution in [2.75, 3.05) is 78.0 Å². The molecule has 21 nitrogen and oxygen atoms in total. The summed E-state index contributed by atoms with van der Waals surface area (Å²) in [7, 11) is 1.17. The summed E-state index contributed by atoms with van der Waals surface area (Å²) < 4.78 is 28.2. The van der Waals surface area contributed by atoms with Crippen LogP contribution in [-0.4, -0.2) is 143 Å². The molecule has 5 rings (SSSR count).